The maximum absolute atomic E-state index is 5.81. The average molecular weight is 203 g/mol. The molecule has 0 unspecified atom stereocenters. The number of nitrogens with zero attached hydrogens (tertiary/aromatic N) is 1. The average Bonchev–Trinajstić information content (AvgIpc) is 2.45. The standard InChI is InChI=1S/C13H17NO/c1-13(2,3)15-11-5-6-12-10(9-11)7-8-14(12)4/h5-9H,1-4H3. The minimum absolute atomic E-state index is 0.136. The molecular weight excluding hydrogens is 186 g/mol. The molecule has 0 aliphatic rings. The summed E-state index contributed by atoms with van der Waals surface area (Å²) in [5.74, 6) is 0.932. The van der Waals surface area contributed by atoms with Gasteiger partial charge in [-0.3, -0.25) is 0 Å². The summed E-state index contributed by atoms with van der Waals surface area (Å²) < 4.78 is 7.92. The van der Waals surface area contributed by atoms with E-state index in [0.29, 0.717) is 0 Å². The van der Waals surface area contributed by atoms with Gasteiger partial charge in [0.25, 0.3) is 0 Å². The van der Waals surface area contributed by atoms with Crippen LogP contribution >= 0.6 is 0 Å². The number of hydrogen-bond acceptors (Lipinski definition) is 1. The van der Waals surface area contributed by atoms with Crippen molar-refractivity contribution in [1.82, 2.24) is 4.57 Å². The van der Waals surface area contributed by atoms with Crippen molar-refractivity contribution in [1.29, 1.82) is 0 Å². The zero-order chi connectivity index (χ0) is 11.1. The third-order valence-corrected chi connectivity index (χ3v) is 2.28. The Morgan fingerprint density at radius 1 is 1.13 bits per heavy atom. The van der Waals surface area contributed by atoms with E-state index in [4.69, 9.17) is 4.74 Å². The minimum atomic E-state index is -0.136. The quantitative estimate of drug-likeness (QED) is 0.693. The van der Waals surface area contributed by atoms with Crippen LogP contribution in [0.25, 0.3) is 10.9 Å². The van der Waals surface area contributed by atoms with Crippen LogP contribution < -0.4 is 4.74 Å². The molecule has 2 heteroatoms. The maximum Gasteiger partial charge on any atom is 0.120 e. The largest absolute Gasteiger partial charge is 0.488 e. The number of ether oxygens (including phenoxy) is 1. The van der Waals surface area contributed by atoms with Gasteiger partial charge in [0.15, 0.2) is 0 Å². The second-order valence-corrected chi connectivity index (χ2v) is 4.86. The molecular formula is C13H17NO. The first kappa shape index (κ1) is 10.1. The number of aryl methyl sites for hydroxylation is 1. The fourth-order valence-electron chi connectivity index (χ4n) is 1.68. The van der Waals surface area contributed by atoms with Gasteiger partial charge in [0.1, 0.15) is 11.4 Å². The highest BCUT2D eigenvalue weighted by Crippen LogP contribution is 2.24. The summed E-state index contributed by atoms with van der Waals surface area (Å²) in [6, 6.07) is 8.30. The van der Waals surface area contributed by atoms with Gasteiger partial charge in [-0.15, -0.1) is 0 Å². The molecule has 0 fully saturated rings. The topological polar surface area (TPSA) is 14.2 Å². The van der Waals surface area contributed by atoms with Gasteiger partial charge in [-0.2, -0.15) is 0 Å². The Hall–Kier alpha value is -1.44. The van der Waals surface area contributed by atoms with Crippen molar-refractivity contribution < 1.29 is 4.74 Å². The Bertz CT molecular complexity index is 477. The Morgan fingerprint density at radius 2 is 1.87 bits per heavy atom. The molecule has 15 heavy (non-hydrogen) atoms. The molecule has 2 nitrogen and oxygen atoms in total. The SMILES string of the molecule is Cn1ccc2cc(OC(C)(C)C)ccc21. The number of benzene rings is 1. The lowest BCUT2D eigenvalue weighted by Crippen LogP contribution is -2.22. The van der Waals surface area contributed by atoms with Crippen LogP contribution in [0.2, 0.25) is 0 Å². The predicted octanol–water partition coefficient (Wildman–Crippen LogP) is 3.36. The number of hydrogen-bond donors (Lipinski definition) is 0. The van der Waals surface area contributed by atoms with Crippen LogP contribution in [-0.2, 0) is 7.05 Å². The number of aromatic nitrogens is 1. The zero-order valence-corrected chi connectivity index (χ0v) is 9.74. The first-order valence-electron chi connectivity index (χ1n) is 5.20. The lowest BCUT2D eigenvalue weighted by molar-refractivity contribution is 0.131. The molecule has 1 heterocycles. The highest BCUT2D eigenvalue weighted by atomic mass is 16.5. The Morgan fingerprint density at radius 3 is 2.53 bits per heavy atom. The third-order valence-electron chi connectivity index (χ3n) is 2.28. The third kappa shape index (κ3) is 2.14. The van der Waals surface area contributed by atoms with Crippen LogP contribution in [0.4, 0.5) is 0 Å². The molecule has 0 aliphatic heterocycles. The van der Waals surface area contributed by atoms with Crippen molar-refractivity contribution in [3.8, 4) is 5.75 Å². The zero-order valence-electron chi connectivity index (χ0n) is 9.74. The van der Waals surface area contributed by atoms with Crippen LogP contribution in [0.1, 0.15) is 20.8 Å². The van der Waals surface area contributed by atoms with E-state index in [-0.39, 0.29) is 5.60 Å². The Kier molecular flexibility index (Phi) is 2.22. The number of rotatable bonds is 1. The Labute approximate surface area is 90.5 Å². The normalized spacial score (nSPS) is 12.0. The summed E-state index contributed by atoms with van der Waals surface area (Å²) in [4.78, 5) is 0. The van der Waals surface area contributed by atoms with Crippen LogP contribution in [0, 0.1) is 0 Å². The summed E-state index contributed by atoms with van der Waals surface area (Å²) in [5, 5.41) is 1.22. The van der Waals surface area contributed by atoms with Gasteiger partial charge >= 0.3 is 0 Å². The molecule has 1 aromatic heterocycles. The lowest BCUT2D eigenvalue weighted by atomic mass is 10.2. The van der Waals surface area contributed by atoms with Crippen molar-refractivity contribution in [2.75, 3.05) is 0 Å². The van der Waals surface area contributed by atoms with Gasteiger partial charge in [0, 0.05) is 24.1 Å². The first-order chi connectivity index (χ1) is 6.96. The van der Waals surface area contributed by atoms with Crippen LogP contribution in [0.3, 0.4) is 0 Å². The van der Waals surface area contributed by atoms with Crippen LogP contribution in [0.5, 0.6) is 5.75 Å². The van der Waals surface area contributed by atoms with Gasteiger partial charge in [0.05, 0.1) is 0 Å². The van der Waals surface area contributed by atoms with Crippen molar-refractivity contribution in [2.24, 2.45) is 7.05 Å². The van der Waals surface area contributed by atoms with E-state index < -0.39 is 0 Å². The minimum Gasteiger partial charge on any atom is -0.488 e. The second kappa shape index (κ2) is 3.30. The molecule has 0 aliphatic carbocycles. The summed E-state index contributed by atoms with van der Waals surface area (Å²) in [5.41, 5.74) is 1.10. The van der Waals surface area contributed by atoms with Gasteiger partial charge in [-0.05, 0) is 45.0 Å². The van der Waals surface area contributed by atoms with Gasteiger partial charge in [-0.25, -0.2) is 0 Å². The fourth-order valence-corrected chi connectivity index (χ4v) is 1.68. The molecule has 2 aromatic rings. The molecule has 1 aromatic carbocycles. The van der Waals surface area contributed by atoms with E-state index in [1.165, 1.54) is 10.9 Å². The lowest BCUT2D eigenvalue weighted by Gasteiger charge is -2.21. The van der Waals surface area contributed by atoms with Gasteiger partial charge in [-0.1, -0.05) is 0 Å². The molecule has 0 saturated heterocycles. The highest BCUT2D eigenvalue weighted by molar-refractivity contribution is 5.81. The molecule has 0 amide bonds. The van der Waals surface area contributed by atoms with Crippen molar-refractivity contribution in [3.63, 3.8) is 0 Å². The molecule has 0 bridgehead atoms. The summed E-state index contributed by atoms with van der Waals surface area (Å²) in [6.07, 6.45) is 2.06. The van der Waals surface area contributed by atoms with E-state index in [0.717, 1.165) is 5.75 Å². The smallest absolute Gasteiger partial charge is 0.120 e. The molecule has 0 N–H and O–H groups in total. The van der Waals surface area contributed by atoms with E-state index in [2.05, 4.69) is 49.7 Å². The predicted molar refractivity (Wildman–Crippen MR) is 63.3 cm³/mol. The highest BCUT2D eigenvalue weighted by Gasteiger charge is 2.12. The van der Waals surface area contributed by atoms with Crippen molar-refractivity contribution in [2.45, 2.75) is 26.4 Å². The summed E-state index contributed by atoms with van der Waals surface area (Å²) in [7, 11) is 2.05. The molecule has 0 atom stereocenters. The first-order valence-corrected chi connectivity index (χ1v) is 5.20. The number of fused-ring (bicyclic) bond motifs is 1. The molecule has 0 spiro atoms. The van der Waals surface area contributed by atoms with Gasteiger partial charge in [0.2, 0.25) is 0 Å². The summed E-state index contributed by atoms with van der Waals surface area (Å²) in [6.45, 7) is 6.17. The molecule has 80 valence electrons. The van der Waals surface area contributed by atoms with Gasteiger partial charge < -0.3 is 9.30 Å². The van der Waals surface area contributed by atoms with Crippen LogP contribution in [-0.4, -0.2) is 10.2 Å². The van der Waals surface area contributed by atoms with Crippen molar-refractivity contribution in [3.05, 3.63) is 30.5 Å². The van der Waals surface area contributed by atoms with E-state index >= 15 is 0 Å². The second-order valence-electron chi connectivity index (χ2n) is 4.86. The summed E-state index contributed by atoms with van der Waals surface area (Å²) >= 11 is 0. The maximum atomic E-state index is 5.81. The van der Waals surface area contributed by atoms with Crippen LogP contribution in [0.15, 0.2) is 30.5 Å². The molecule has 0 saturated carbocycles. The molecule has 0 radical (unpaired) electrons. The fraction of sp³-hybridized carbons (Fsp3) is 0.385. The van der Waals surface area contributed by atoms with E-state index in [1.807, 2.05) is 13.1 Å². The molecule has 2 rings (SSSR count). The monoisotopic (exact) mass is 203 g/mol. The van der Waals surface area contributed by atoms with E-state index in [9.17, 15) is 0 Å². The Balaban J connectivity index is 2.39. The van der Waals surface area contributed by atoms with E-state index in [1.54, 1.807) is 0 Å². The van der Waals surface area contributed by atoms with Crippen molar-refractivity contribution >= 4 is 10.9 Å².